The Bertz CT molecular complexity index is 416. The lowest BCUT2D eigenvalue weighted by atomic mass is 9.73. The Morgan fingerprint density at radius 1 is 1.35 bits per heavy atom. The van der Waals surface area contributed by atoms with Crippen molar-refractivity contribution in [1.29, 1.82) is 5.26 Å². The minimum Gasteiger partial charge on any atom is -0.365 e. The van der Waals surface area contributed by atoms with Crippen LogP contribution < -0.4 is 5.32 Å². The zero-order valence-electron chi connectivity index (χ0n) is 10.4. The van der Waals surface area contributed by atoms with Gasteiger partial charge in [0.1, 0.15) is 11.9 Å². The number of nitrogens with one attached hydrogen (secondary N) is 1. The third-order valence-electron chi connectivity index (χ3n) is 3.61. The van der Waals surface area contributed by atoms with Gasteiger partial charge in [-0.15, -0.1) is 10.2 Å². The van der Waals surface area contributed by atoms with Crippen LogP contribution in [0.2, 0.25) is 0 Å². The Hall–Kier alpha value is -1.63. The summed E-state index contributed by atoms with van der Waals surface area (Å²) in [6.07, 6.45) is 5.00. The van der Waals surface area contributed by atoms with E-state index in [-0.39, 0.29) is 0 Å². The summed E-state index contributed by atoms with van der Waals surface area (Å²) in [4.78, 5) is 0. The Labute approximate surface area is 102 Å². The molecule has 2 rings (SSSR count). The second-order valence-corrected chi connectivity index (χ2v) is 5.35. The average Bonchev–Trinajstić information content (AvgIpc) is 2.33. The Morgan fingerprint density at radius 2 is 2.18 bits per heavy atom. The van der Waals surface area contributed by atoms with Gasteiger partial charge in [0, 0.05) is 6.04 Å². The van der Waals surface area contributed by atoms with E-state index in [1.54, 1.807) is 6.07 Å². The predicted octanol–water partition coefficient (Wildman–Crippen LogP) is 2.73. The van der Waals surface area contributed by atoms with Gasteiger partial charge < -0.3 is 5.32 Å². The highest BCUT2D eigenvalue weighted by molar-refractivity contribution is 5.37. The van der Waals surface area contributed by atoms with Crippen molar-refractivity contribution in [2.75, 3.05) is 5.32 Å². The van der Waals surface area contributed by atoms with Crippen molar-refractivity contribution in [2.24, 2.45) is 5.41 Å². The molecule has 0 spiro atoms. The van der Waals surface area contributed by atoms with Crippen molar-refractivity contribution >= 4 is 5.82 Å². The molecule has 1 fully saturated rings. The molecule has 0 bridgehead atoms. The predicted molar refractivity (Wildman–Crippen MR) is 66.4 cm³/mol. The molecule has 1 aromatic heterocycles. The maximum Gasteiger partial charge on any atom is 0.163 e. The third-order valence-corrected chi connectivity index (χ3v) is 3.61. The molecule has 17 heavy (non-hydrogen) atoms. The average molecular weight is 230 g/mol. The number of hydrogen-bond acceptors (Lipinski definition) is 4. The summed E-state index contributed by atoms with van der Waals surface area (Å²) in [6.45, 7) is 4.59. The molecule has 1 aliphatic carbocycles. The highest BCUT2D eigenvalue weighted by Crippen LogP contribution is 2.36. The van der Waals surface area contributed by atoms with Gasteiger partial charge in [-0.2, -0.15) is 5.26 Å². The monoisotopic (exact) mass is 230 g/mol. The van der Waals surface area contributed by atoms with Crippen LogP contribution in [0, 0.1) is 16.7 Å². The quantitative estimate of drug-likeness (QED) is 0.848. The van der Waals surface area contributed by atoms with E-state index < -0.39 is 0 Å². The van der Waals surface area contributed by atoms with E-state index in [4.69, 9.17) is 5.26 Å². The third kappa shape index (κ3) is 2.73. The van der Waals surface area contributed by atoms with E-state index in [9.17, 15) is 0 Å². The van der Waals surface area contributed by atoms with Crippen LogP contribution in [0.1, 0.15) is 45.2 Å². The lowest BCUT2D eigenvalue weighted by Crippen LogP contribution is -2.39. The number of nitriles is 1. The topological polar surface area (TPSA) is 61.6 Å². The number of rotatable bonds is 2. The minimum atomic E-state index is 0.299. The standard InChI is InChI=1S/C13H18N4/c1-13(2)8-4-3-5-11(13)15-12-7-6-10(9-14)16-17-12/h6-7,11H,3-5,8H2,1-2H3,(H,15,17). The van der Waals surface area contributed by atoms with E-state index in [1.807, 2.05) is 12.1 Å². The Balaban J connectivity index is 2.06. The number of nitrogens with zero attached hydrogens (tertiary/aromatic N) is 3. The van der Waals surface area contributed by atoms with Crippen molar-refractivity contribution in [3.63, 3.8) is 0 Å². The smallest absolute Gasteiger partial charge is 0.163 e. The first-order valence-corrected chi connectivity index (χ1v) is 6.12. The second kappa shape index (κ2) is 4.70. The summed E-state index contributed by atoms with van der Waals surface area (Å²) in [5, 5.41) is 20.0. The summed E-state index contributed by atoms with van der Waals surface area (Å²) in [7, 11) is 0. The van der Waals surface area contributed by atoms with Gasteiger partial charge in [0.15, 0.2) is 5.69 Å². The van der Waals surface area contributed by atoms with Crippen LogP contribution in [0.5, 0.6) is 0 Å². The molecule has 0 amide bonds. The van der Waals surface area contributed by atoms with Crippen molar-refractivity contribution in [2.45, 2.75) is 45.6 Å². The van der Waals surface area contributed by atoms with Gasteiger partial charge in [-0.25, -0.2) is 0 Å². The zero-order valence-corrected chi connectivity index (χ0v) is 10.4. The first-order valence-electron chi connectivity index (χ1n) is 6.12. The van der Waals surface area contributed by atoms with Gasteiger partial charge in [0.25, 0.3) is 0 Å². The van der Waals surface area contributed by atoms with Gasteiger partial charge in [-0.05, 0) is 30.4 Å². The normalized spacial score (nSPS) is 22.8. The molecule has 90 valence electrons. The van der Waals surface area contributed by atoms with Gasteiger partial charge in [0.2, 0.25) is 0 Å². The largest absolute Gasteiger partial charge is 0.365 e. The molecule has 1 saturated carbocycles. The van der Waals surface area contributed by atoms with Crippen LogP contribution in [-0.2, 0) is 0 Å². The van der Waals surface area contributed by atoms with Crippen LogP contribution in [0.3, 0.4) is 0 Å². The van der Waals surface area contributed by atoms with Crippen molar-refractivity contribution in [1.82, 2.24) is 10.2 Å². The molecule has 1 aliphatic rings. The molecule has 1 heterocycles. The van der Waals surface area contributed by atoms with Crippen LogP contribution in [0.25, 0.3) is 0 Å². The molecule has 0 aliphatic heterocycles. The zero-order chi connectivity index (χ0) is 12.3. The lowest BCUT2D eigenvalue weighted by Gasteiger charge is -2.39. The molecular weight excluding hydrogens is 212 g/mol. The lowest BCUT2D eigenvalue weighted by molar-refractivity contribution is 0.216. The van der Waals surface area contributed by atoms with Gasteiger partial charge in [-0.3, -0.25) is 0 Å². The van der Waals surface area contributed by atoms with E-state index in [0.717, 1.165) is 5.82 Å². The summed E-state index contributed by atoms with van der Waals surface area (Å²) >= 11 is 0. The highest BCUT2D eigenvalue weighted by atomic mass is 15.2. The molecule has 1 N–H and O–H groups in total. The maximum absolute atomic E-state index is 8.66. The first-order chi connectivity index (χ1) is 8.12. The van der Waals surface area contributed by atoms with E-state index >= 15 is 0 Å². The van der Waals surface area contributed by atoms with Crippen LogP contribution in [0.4, 0.5) is 5.82 Å². The van der Waals surface area contributed by atoms with Gasteiger partial charge >= 0.3 is 0 Å². The van der Waals surface area contributed by atoms with E-state index in [1.165, 1.54) is 25.7 Å². The minimum absolute atomic E-state index is 0.299. The van der Waals surface area contributed by atoms with Crippen molar-refractivity contribution < 1.29 is 0 Å². The van der Waals surface area contributed by atoms with Crippen molar-refractivity contribution in [3.05, 3.63) is 17.8 Å². The molecule has 1 aromatic rings. The summed E-state index contributed by atoms with van der Waals surface area (Å²) in [5.41, 5.74) is 0.659. The first kappa shape index (κ1) is 11.8. The summed E-state index contributed by atoms with van der Waals surface area (Å²) in [5.74, 6) is 0.768. The second-order valence-electron chi connectivity index (χ2n) is 5.35. The number of aromatic nitrogens is 2. The fourth-order valence-corrected chi connectivity index (χ4v) is 2.41. The van der Waals surface area contributed by atoms with Crippen LogP contribution >= 0.6 is 0 Å². The van der Waals surface area contributed by atoms with E-state index in [0.29, 0.717) is 17.2 Å². The summed E-state index contributed by atoms with van der Waals surface area (Å²) in [6, 6.07) is 5.94. The molecule has 4 nitrogen and oxygen atoms in total. The molecule has 1 unspecified atom stereocenters. The molecular formula is C13H18N4. The SMILES string of the molecule is CC1(C)CCCCC1Nc1ccc(C#N)nn1. The Kier molecular flexibility index (Phi) is 3.28. The fraction of sp³-hybridized carbons (Fsp3) is 0.615. The van der Waals surface area contributed by atoms with Gasteiger partial charge in [0.05, 0.1) is 0 Å². The summed E-state index contributed by atoms with van der Waals surface area (Å²) < 4.78 is 0. The molecule has 0 aromatic carbocycles. The van der Waals surface area contributed by atoms with Gasteiger partial charge in [-0.1, -0.05) is 26.7 Å². The van der Waals surface area contributed by atoms with Crippen molar-refractivity contribution in [3.8, 4) is 6.07 Å². The number of anilines is 1. The number of hydrogen-bond donors (Lipinski definition) is 1. The van der Waals surface area contributed by atoms with E-state index in [2.05, 4.69) is 29.4 Å². The van der Waals surface area contributed by atoms with Crippen LogP contribution in [0.15, 0.2) is 12.1 Å². The molecule has 0 radical (unpaired) electrons. The highest BCUT2D eigenvalue weighted by Gasteiger charge is 2.32. The fourth-order valence-electron chi connectivity index (χ4n) is 2.41. The maximum atomic E-state index is 8.66. The van der Waals surface area contributed by atoms with Crippen LogP contribution in [-0.4, -0.2) is 16.2 Å². The molecule has 4 heteroatoms. The molecule has 1 atom stereocenters. The Morgan fingerprint density at radius 3 is 2.76 bits per heavy atom. The molecule has 0 saturated heterocycles.